The standard InChI is InChI=1S/C10H14IN3O/c1-10(2,3)9(15)14-7-5-13-8(12)4-6(7)11/h4-5H,1-3H3,(H2,12,13)(H,14,15). The molecule has 5 heteroatoms. The van der Waals surface area contributed by atoms with Crippen molar-refractivity contribution in [3.8, 4) is 0 Å². The van der Waals surface area contributed by atoms with E-state index in [1.165, 1.54) is 0 Å². The van der Waals surface area contributed by atoms with Crippen molar-refractivity contribution in [2.24, 2.45) is 5.41 Å². The van der Waals surface area contributed by atoms with Crippen molar-refractivity contribution in [1.82, 2.24) is 4.98 Å². The molecule has 0 unspecified atom stereocenters. The number of nitrogens with two attached hydrogens (primary N) is 1. The average molecular weight is 319 g/mol. The van der Waals surface area contributed by atoms with Gasteiger partial charge in [-0.2, -0.15) is 0 Å². The lowest BCUT2D eigenvalue weighted by Crippen LogP contribution is -2.28. The van der Waals surface area contributed by atoms with E-state index in [0.717, 1.165) is 3.57 Å². The van der Waals surface area contributed by atoms with Gasteiger partial charge in [-0.1, -0.05) is 20.8 Å². The summed E-state index contributed by atoms with van der Waals surface area (Å²) in [6, 6.07) is 1.72. The minimum atomic E-state index is -0.412. The summed E-state index contributed by atoms with van der Waals surface area (Å²) in [6.45, 7) is 5.58. The van der Waals surface area contributed by atoms with Gasteiger partial charge in [-0.25, -0.2) is 4.98 Å². The molecule has 0 aliphatic rings. The molecule has 0 bridgehead atoms. The van der Waals surface area contributed by atoms with E-state index in [1.54, 1.807) is 12.3 Å². The van der Waals surface area contributed by atoms with Crippen molar-refractivity contribution in [3.05, 3.63) is 15.8 Å². The lowest BCUT2D eigenvalue weighted by atomic mass is 9.96. The fourth-order valence-electron chi connectivity index (χ4n) is 0.847. The Bertz CT molecular complexity index is 385. The molecule has 1 aromatic heterocycles. The summed E-state index contributed by atoms with van der Waals surface area (Å²) in [7, 11) is 0. The number of nitrogens with zero attached hydrogens (tertiary/aromatic N) is 1. The van der Waals surface area contributed by atoms with E-state index >= 15 is 0 Å². The Hall–Kier alpha value is -0.850. The van der Waals surface area contributed by atoms with Crippen molar-refractivity contribution in [1.29, 1.82) is 0 Å². The molecule has 0 spiro atoms. The fourth-order valence-corrected chi connectivity index (χ4v) is 1.44. The van der Waals surface area contributed by atoms with Crippen LogP contribution in [0.4, 0.5) is 11.5 Å². The quantitative estimate of drug-likeness (QED) is 0.780. The second-order valence-corrected chi connectivity index (χ2v) is 5.46. The largest absolute Gasteiger partial charge is 0.384 e. The molecule has 0 aromatic carbocycles. The van der Waals surface area contributed by atoms with Gasteiger partial charge < -0.3 is 11.1 Å². The van der Waals surface area contributed by atoms with Gasteiger partial charge in [0.2, 0.25) is 5.91 Å². The van der Waals surface area contributed by atoms with E-state index in [9.17, 15) is 4.79 Å². The molecule has 1 amide bonds. The molecule has 82 valence electrons. The van der Waals surface area contributed by atoms with Crippen LogP contribution in [0.15, 0.2) is 12.3 Å². The van der Waals surface area contributed by atoms with Crippen LogP contribution in [0.25, 0.3) is 0 Å². The van der Waals surface area contributed by atoms with Gasteiger partial charge in [-0.3, -0.25) is 4.79 Å². The maximum absolute atomic E-state index is 11.7. The highest BCUT2D eigenvalue weighted by Crippen LogP contribution is 2.22. The molecule has 0 saturated heterocycles. The highest BCUT2D eigenvalue weighted by atomic mass is 127. The lowest BCUT2D eigenvalue weighted by Gasteiger charge is -2.18. The van der Waals surface area contributed by atoms with Crippen molar-refractivity contribution in [2.75, 3.05) is 11.1 Å². The summed E-state index contributed by atoms with van der Waals surface area (Å²) < 4.78 is 0.887. The van der Waals surface area contributed by atoms with Crippen LogP contribution in [0.2, 0.25) is 0 Å². The van der Waals surface area contributed by atoms with Crippen LogP contribution in [0, 0.1) is 8.99 Å². The third-order valence-electron chi connectivity index (χ3n) is 1.80. The van der Waals surface area contributed by atoms with E-state index in [2.05, 4.69) is 32.9 Å². The van der Waals surface area contributed by atoms with Crippen LogP contribution in [-0.4, -0.2) is 10.9 Å². The van der Waals surface area contributed by atoms with Crippen molar-refractivity contribution in [2.45, 2.75) is 20.8 Å². The van der Waals surface area contributed by atoms with Crippen molar-refractivity contribution >= 4 is 40.0 Å². The molecular formula is C10H14IN3O. The summed E-state index contributed by atoms with van der Waals surface area (Å²) in [5.41, 5.74) is 5.80. The summed E-state index contributed by atoms with van der Waals surface area (Å²) in [4.78, 5) is 15.6. The number of amides is 1. The molecule has 15 heavy (non-hydrogen) atoms. The molecule has 4 nitrogen and oxygen atoms in total. The first-order valence-corrected chi connectivity index (χ1v) is 5.61. The Morgan fingerprint density at radius 2 is 2.13 bits per heavy atom. The number of aromatic nitrogens is 1. The van der Waals surface area contributed by atoms with Gasteiger partial charge in [-0.05, 0) is 28.7 Å². The fraction of sp³-hybridized carbons (Fsp3) is 0.400. The van der Waals surface area contributed by atoms with Crippen molar-refractivity contribution in [3.63, 3.8) is 0 Å². The molecule has 1 rings (SSSR count). The zero-order valence-electron chi connectivity index (χ0n) is 8.97. The molecule has 0 saturated carbocycles. The van der Waals surface area contributed by atoms with Crippen LogP contribution in [-0.2, 0) is 4.79 Å². The molecule has 0 fully saturated rings. The Morgan fingerprint density at radius 3 is 2.60 bits per heavy atom. The molecule has 1 aromatic rings. The summed E-state index contributed by atoms with van der Waals surface area (Å²) in [5, 5.41) is 2.81. The summed E-state index contributed by atoms with van der Waals surface area (Å²) in [6.07, 6.45) is 1.57. The lowest BCUT2D eigenvalue weighted by molar-refractivity contribution is -0.123. The zero-order chi connectivity index (χ0) is 11.6. The number of hydrogen-bond acceptors (Lipinski definition) is 3. The third kappa shape index (κ3) is 3.33. The number of carbonyl (C=O) groups is 1. The molecule has 0 radical (unpaired) electrons. The molecular weight excluding hydrogens is 305 g/mol. The monoisotopic (exact) mass is 319 g/mol. The first-order valence-electron chi connectivity index (χ1n) is 4.53. The number of halogens is 1. The number of anilines is 2. The third-order valence-corrected chi connectivity index (χ3v) is 2.70. The maximum atomic E-state index is 11.7. The molecule has 0 aliphatic carbocycles. The Balaban J connectivity index is 2.87. The maximum Gasteiger partial charge on any atom is 0.229 e. The number of nitrogen functional groups attached to an aromatic ring is 1. The van der Waals surface area contributed by atoms with Crippen LogP contribution < -0.4 is 11.1 Å². The van der Waals surface area contributed by atoms with Crippen LogP contribution in [0.3, 0.4) is 0 Å². The second kappa shape index (κ2) is 4.34. The Kier molecular flexibility index (Phi) is 3.54. The van der Waals surface area contributed by atoms with E-state index in [1.807, 2.05) is 20.8 Å². The van der Waals surface area contributed by atoms with E-state index < -0.39 is 5.41 Å². The molecule has 0 atom stereocenters. The van der Waals surface area contributed by atoms with Crippen molar-refractivity contribution < 1.29 is 4.79 Å². The molecule has 3 N–H and O–H groups in total. The van der Waals surface area contributed by atoms with Gasteiger partial charge in [0, 0.05) is 8.99 Å². The van der Waals surface area contributed by atoms with Gasteiger partial charge in [0.05, 0.1) is 11.9 Å². The van der Waals surface area contributed by atoms with E-state index in [0.29, 0.717) is 11.5 Å². The van der Waals surface area contributed by atoms with Gasteiger partial charge in [0.15, 0.2) is 0 Å². The van der Waals surface area contributed by atoms with Crippen LogP contribution >= 0.6 is 22.6 Å². The molecule has 0 aliphatic heterocycles. The van der Waals surface area contributed by atoms with E-state index in [-0.39, 0.29) is 5.91 Å². The number of hydrogen-bond donors (Lipinski definition) is 2. The van der Waals surface area contributed by atoms with Crippen LogP contribution in [0.1, 0.15) is 20.8 Å². The van der Waals surface area contributed by atoms with Gasteiger partial charge >= 0.3 is 0 Å². The first kappa shape index (κ1) is 12.2. The summed E-state index contributed by atoms with van der Waals surface area (Å²) >= 11 is 2.11. The van der Waals surface area contributed by atoms with Gasteiger partial charge in [0.1, 0.15) is 5.82 Å². The van der Waals surface area contributed by atoms with Gasteiger partial charge in [-0.15, -0.1) is 0 Å². The predicted octanol–water partition coefficient (Wildman–Crippen LogP) is 2.25. The highest BCUT2D eigenvalue weighted by Gasteiger charge is 2.21. The van der Waals surface area contributed by atoms with Gasteiger partial charge in [0.25, 0.3) is 0 Å². The number of pyridine rings is 1. The normalized spacial score (nSPS) is 11.2. The SMILES string of the molecule is CC(C)(C)C(=O)Nc1cnc(N)cc1I. The highest BCUT2D eigenvalue weighted by molar-refractivity contribution is 14.1. The predicted molar refractivity (Wildman–Crippen MR) is 69.5 cm³/mol. The Morgan fingerprint density at radius 1 is 1.53 bits per heavy atom. The summed E-state index contributed by atoms with van der Waals surface area (Å²) in [5.74, 6) is 0.417. The minimum Gasteiger partial charge on any atom is -0.384 e. The first-order chi connectivity index (χ1) is 6.80. The zero-order valence-corrected chi connectivity index (χ0v) is 11.1. The Labute approximate surface area is 103 Å². The number of nitrogens with one attached hydrogen (secondary N) is 1. The average Bonchev–Trinajstić information content (AvgIpc) is 2.08. The van der Waals surface area contributed by atoms with E-state index in [4.69, 9.17) is 5.73 Å². The topological polar surface area (TPSA) is 68.0 Å². The second-order valence-electron chi connectivity index (χ2n) is 4.29. The number of carbonyl (C=O) groups excluding carboxylic acids is 1. The smallest absolute Gasteiger partial charge is 0.229 e. The minimum absolute atomic E-state index is 0.0352. The molecule has 1 heterocycles. The van der Waals surface area contributed by atoms with Crippen LogP contribution in [0.5, 0.6) is 0 Å². The number of rotatable bonds is 1.